The van der Waals surface area contributed by atoms with Gasteiger partial charge in [-0.25, -0.2) is 17.5 Å². The first-order valence-electron chi connectivity index (χ1n) is 11.2. The fraction of sp³-hybridized carbons (Fsp3) is 0.458. The zero-order valence-corrected chi connectivity index (χ0v) is 19.2. The molecule has 0 aromatic heterocycles. The van der Waals surface area contributed by atoms with E-state index in [0.717, 1.165) is 62.1 Å². The fourth-order valence-electron chi connectivity index (χ4n) is 4.58. The molecule has 0 spiro atoms. The van der Waals surface area contributed by atoms with E-state index in [1.54, 1.807) is 23.1 Å². The van der Waals surface area contributed by atoms with Crippen molar-refractivity contribution in [3.63, 3.8) is 0 Å². The third-order valence-electron chi connectivity index (χ3n) is 6.45. The quantitative estimate of drug-likeness (QED) is 0.720. The SMILES string of the molecule is CC(=O)N1CCCc2cc(S(=O)(=O)NCC3CCN(Cc4ccc(F)cc4)CC3)ccc21. The number of hydrogen-bond donors (Lipinski definition) is 1. The number of aryl methyl sites for hydroxylation is 1. The van der Waals surface area contributed by atoms with Crippen LogP contribution < -0.4 is 9.62 Å². The average Bonchev–Trinajstić information content (AvgIpc) is 2.79. The number of sulfonamides is 1. The summed E-state index contributed by atoms with van der Waals surface area (Å²) in [5, 5.41) is 0. The minimum atomic E-state index is -3.60. The van der Waals surface area contributed by atoms with Crippen molar-refractivity contribution in [2.24, 2.45) is 5.92 Å². The number of nitrogens with zero attached hydrogens (tertiary/aromatic N) is 2. The van der Waals surface area contributed by atoms with Crippen LogP contribution in [0.3, 0.4) is 0 Å². The molecule has 6 nitrogen and oxygen atoms in total. The number of nitrogens with one attached hydrogen (secondary N) is 1. The summed E-state index contributed by atoms with van der Waals surface area (Å²) < 4.78 is 41.6. The Morgan fingerprint density at radius 1 is 1.09 bits per heavy atom. The first-order valence-corrected chi connectivity index (χ1v) is 12.7. The molecular formula is C24H30FN3O3S. The van der Waals surface area contributed by atoms with Crippen molar-refractivity contribution in [2.75, 3.05) is 31.1 Å². The van der Waals surface area contributed by atoms with E-state index in [-0.39, 0.29) is 16.6 Å². The van der Waals surface area contributed by atoms with Gasteiger partial charge in [-0.3, -0.25) is 9.69 Å². The predicted octanol–water partition coefficient (Wildman–Crippen LogP) is 3.32. The fourth-order valence-corrected chi connectivity index (χ4v) is 5.74. The van der Waals surface area contributed by atoms with E-state index < -0.39 is 10.0 Å². The van der Waals surface area contributed by atoms with Gasteiger partial charge in [0.25, 0.3) is 0 Å². The molecule has 1 saturated heterocycles. The number of rotatable bonds is 6. The van der Waals surface area contributed by atoms with Gasteiger partial charge in [0.2, 0.25) is 15.9 Å². The molecule has 2 aromatic rings. The number of piperidine rings is 1. The van der Waals surface area contributed by atoms with Gasteiger partial charge in [0, 0.05) is 32.2 Å². The van der Waals surface area contributed by atoms with Gasteiger partial charge < -0.3 is 4.90 Å². The van der Waals surface area contributed by atoms with Crippen molar-refractivity contribution in [1.82, 2.24) is 9.62 Å². The zero-order chi connectivity index (χ0) is 22.7. The minimum absolute atomic E-state index is 0.0227. The Hall–Kier alpha value is -2.29. The molecule has 1 N–H and O–H groups in total. The van der Waals surface area contributed by atoms with Gasteiger partial charge in [0.1, 0.15) is 5.82 Å². The summed E-state index contributed by atoms with van der Waals surface area (Å²) in [6.07, 6.45) is 3.44. The van der Waals surface area contributed by atoms with Gasteiger partial charge in [-0.2, -0.15) is 0 Å². The summed E-state index contributed by atoms with van der Waals surface area (Å²) in [6, 6.07) is 11.6. The maximum atomic E-state index is 13.1. The molecule has 1 amide bonds. The van der Waals surface area contributed by atoms with Crippen molar-refractivity contribution >= 4 is 21.6 Å². The third-order valence-corrected chi connectivity index (χ3v) is 7.87. The Morgan fingerprint density at radius 3 is 2.50 bits per heavy atom. The lowest BCUT2D eigenvalue weighted by atomic mass is 9.97. The molecule has 0 aliphatic carbocycles. The van der Waals surface area contributed by atoms with Crippen molar-refractivity contribution < 1.29 is 17.6 Å². The lowest BCUT2D eigenvalue weighted by Crippen LogP contribution is -2.38. The molecule has 2 aromatic carbocycles. The van der Waals surface area contributed by atoms with E-state index in [1.165, 1.54) is 19.1 Å². The van der Waals surface area contributed by atoms with E-state index in [2.05, 4.69) is 9.62 Å². The Balaban J connectivity index is 1.31. The van der Waals surface area contributed by atoms with Crippen LogP contribution >= 0.6 is 0 Å². The molecule has 0 unspecified atom stereocenters. The lowest BCUT2D eigenvalue weighted by Gasteiger charge is -2.32. The lowest BCUT2D eigenvalue weighted by molar-refractivity contribution is -0.116. The molecule has 0 saturated carbocycles. The average molecular weight is 460 g/mol. The predicted molar refractivity (Wildman–Crippen MR) is 122 cm³/mol. The van der Waals surface area contributed by atoms with Gasteiger partial charge in [-0.15, -0.1) is 0 Å². The van der Waals surface area contributed by atoms with Crippen molar-refractivity contribution in [2.45, 2.75) is 44.0 Å². The minimum Gasteiger partial charge on any atom is -0.312 e. The Bertz CT molecular complexity index is 1060. The second-order valence-corrected chi connectivity index (χ2v) is 10.5. The third kappa shape index (κ3) is 5.36. The van der Waals surface area contributed by atoms with Gasteiger partial charge in [-0.05, 0) is 86.1 Å². The van der Waals surface area contributed by atoms with Gasteiger partial charge in [-0.1, -0.05) is 12.1 Å². The number of anilines is 1. The standard InChI is InChI=1S/C24H30FN3O3S/c1-18(29)28-12-2-3-21-15-23(8-9-24(21)28)32(30,31)26-16-19-10-13-27(14-11-19)17-20-4-6-22(25)7-5-20/h4-9,15,19,26H,2-3,10-14,16-17H2,1H3. The summed E-state index contributed by atoms with van der Waals surface area (Å²) in [6.45, 7) is 5.19. The highest BCUT2D eigenvalue weighted by molar-refractivity contribution is 7.89. The van der Waals surface area contributed by atoms with Crippen LogP contribution in [0.2, 0.25) is 0 Å². The van der Waals surface area contributed by atoms with Gasteiger partial charge >= 0.3 is 0 Å². The molecule has 2 aliphatic heterocycles. The number of amides is 1. The van der Waals surface area contributed by atoms with Crippen LogP contribution in [0.15, 0.2) is 47.4 Å². The maximum absolute atomic E-state index is 13.1. The number of carbonyl (C=O) groups is 1. The molecule has 172 valence electrons. The van der Waals surface area contributed by atoms with Crippen LogP contribution in [0.25, 0.3) is 0 Å². The second-order valence-electron chi connectivity index (χ2n) is 8.76. The first-order chi connectivity index (χ1) is 15.3. The summed E-state index contributed by atoms with van der Waals surface area (Å²) in [5.74, 6) is 0.0420. The molecule has 4 rings (SSSR count). The summed E-state index contributed by atoms with van der Waals surface area (Å²) in [5.41, 5.74) is 2.81. The Kier molecular flexibility index (Phi) is 6.93. The van der Waals surface area contributed by atoms with Gasteiger partial charge in [0.05, 0.1) is 4.90 Å². The smallest absolute Gasteiger partial charge is 0.240 e. The van der Waals surface area contributed by atoms with Gasteiger partial charge in [0.15, 0.2) is 0 Å². The number of benzene rings is 2. The number of halogens is 1. The molecule has 2 heterocycles. The van der Waals surface area contributed by atoms with Crippen molar-refractivity contribution in [3.05, 3.63) is 59.4 Å². The number of fused-ring (bicyclic) bond motifs is 1. The Morgan fingerprint density at radius 2 is 1.81 bits per heavy atom. The van der Waals surface area contributed by atoms with Crippen molar-refractivity contribution in [3.8, 4) is 0 Å². The molecule has 0 atom stereocenters. The molecular weight excluding hydrogens is 429 g/mol. The zero-order valence-electron chi connectivity index (χ0n) is 18.4. The van der Waals surface area contributed by atoms with E-state index in [1.807, 2.05) is 12.1 Å². The molecule has 0 radical (unpaired) electrons. The molecule has 32 heavy (non-hydrogen) atoms. The first kappa shape index (κ1) is 22.9. The summed E-state index contributed by atoms with van der Waals surface area (Å²) >= 11 is 0. The highest BCUT2D eigenvalue weighted by atomic mass is 32.2. The maximum Gasteiger partial charge on any atom is 0.240 e. The van der Waals surface area contributed by atoms with Crippen LogP contribution in [0, 0.1) is 11.7 Å². The van der Waals surface area contributed by atoms with E-state index >= 15 is 0 Å². The van der Waals surface area contributed by atoms with Crippen LogP contribution in [-0.4, -0.2) is 45.4 Å². The Labute approximate surface area is 189 Å². The highest BCUT2D eigenvalue weighted by Gasteiger charge is 2.25. The molecule has 2 aliphatic rings. The number of likely N-dealkylation sites (tertiary alicyclic amines) is 1. The van der Waals surface area contributed by atoms with E-state index in [4.69, 9.17) is 0 Å². The van der Waals surface area contributed by atoms with Crippen LogP contribution in [0.5, 0.6) is 0 Å². The van der Waals surface area contributed by atoms with E-state index in [9.17, 15) is 17.6 Å². The highest BCUT2D eigenvalue weighted by Crippen LogP contribution is 2.29. The summed E-state index contributed by atoms with van der Waals surface area (Å²) in [7, 11) is -3.60. The van der Waals surface area contributed by atoms with Crippen LogP contribution in [0.1, 0.15) is 37.3 Å². The number of carbonyl (C=O) groups excluding carboxylic acids is 1. The van der Waals surface area contributed by atoms with Crippen molar-refractivity contribution in [1.29, 1.82) is 0 Å². The molecule has 1 fully saturated rings. The number of hydrogen-bond acceptors (Lipinski definition) is 4. The second kappa shape index (κ2) is 9.68. The molecule has 0 bridgehead atoms. The van der Waals surface area contributed by atoms with Crippen LogP contribution in [0.4, 0.5) is 10.1 Å². The monoisotopic (exact) mass is 459 g/mol. The summed E-state index contributed by atoms with van der Waals surface area (Å²) in [4.78, 5) is 16.1. The largest absolute Gasteiger partial charge is 0.312 e. The molecule has 8 heteroatoms. The van der Waals surface area contributed by atoms with E-state index in [0.29, 0.717) is 19.0 Å². The topological polar surface area (TPSA) is 69.7 Å². The van der Waals surface area contributed by atoms with Crippen LogP contribution in [-0.2, 0) is 27.8 Å². The normalized spacial score (nSPS) is 17.9.